The van der Waals surface area contributed by atoms with Crippen molar-refractivity contribution in [2.75, 3.05) is 0 Å². The van der Waals surface area contributed by atoms with Crippen LogP contribution in [0.4, 0.5) is 0 Å². The Morgan fingerprint density at radius 3 is 2.50 bits per heavy atom. The minimum Gasteiger partial charge on any atom is -0.478 e. The van der Waals surface area contributed by atoms with E-state index in [1.807, 2.05) is 19.9 Å². The first kappa shape index (κ1) is 8.95. The predicted molar refractivity (Wildman–Crippen MR) is 40.8 cm³/mol. The summed E-state index contributed by atoms with van der Waals surface area (Å²) in [5.74, 6) is -0.887. The zero-order valence-corrected chi connectivity index (χ0v) is 6.29. The highest BCUT2D eigenvalue weighted by molar-refractivity contribution is 5.79. The Labute approximate surface area is 60.9 Å². The maximum absolute atomic E-state index is 9.94. The normalized spacial score (nSPS) is 9.80. The molecule has 0 aliphatic heterocycles. The van der Waals surface area contributed by atoms with E-state index in [2.05, 4.69) is 0 Å². The highest BCUT2D eigenvalue weighted by Gasteiger charge is 1.81. The lowest BCUT2D eigenvalue weighted by molar-refractivity contribution is -0.131. The smallest absolute Gasteiger partial charge is 0.327 e. The summed E-state index contributed by atoms with van der Waals surface area (Å²) in [5.41, 5.74) is 1.20. The standard InChI is InChI=1S/C8H12O2/c1-7(2)5-3-4-6-8(9)10/h4-6H,3H2,1-2H3,(H,9,10). The molecule has 0 aliphatic carbocycles. The summed E-state index contributed by atoms with van der Waals surface area (Å²) in [6.45, 7) is 3.96. The third-order valence-electron chi connectivity index (χ3n) is 0.923. The number of aliphatic carboxylic acids is 1. The van der Waals surface area contributed by atoms with E-state index in [0.717, 1.165) is 6.08 Å². The maximum atomic E-state index is 9.94. The van der Waals surface area contributed by atoms with Gasteiger partial charge in [0.25, 0.3) is 0 Å². The van der Waals surface area contributed by atoms with Crippen molar-refractivity contribution in [3.63, 3.8) is 0 Å². The van der Waals surface area contributed by atoms with Crippen LogP contribution in [0, 0.1) is 0 Å². The van der Waals surface area contributed by atoms with E-state index in [1.165, 1.54) is 5.57 Å². The van der Waals surface area contributed by atoms with Gasteiger partial charge in [-0.15, -0.1) is 0 Å². The summed E-state index contributed by atoms with van der Waals surface area (Å²) in [6.07, 6.45) is 5.45. The van der Waals surface area contributed by atoms with Gasteiger partial charge in [0, 0.05) is 6.08 Å². The van der Waals surface area contributed by atoms with Gasteiger partial charge in [-0.1, -0.05) is 17.7 Å². The zero-order chi connectivity index (χ0) is 7.98. The number of carboxylic acids is 1. The molecule has 0 saturated heterocycles. The van der Waals surface area contributed by atoms with Crippen molar-refractivity contribution in [1.29, 1.82) is 0 Å². The molecule has 0 aromatic rings. The summed E-state index contributed by atoms with van der Waals surface area (Å²) >= 11 is 0. The summed E-state index contributed by atoms with van der Waals surface area (Å²) in [4.78, 5) is 9.94. The van der Waals surface area contributed by atoms with Crippen molar-refractivity contribution in [3.8, 4) is 0 Å². The number of carbonyl (C=O) groups is 1. The fourth-order valence-electron chi connectivity index (χ4n) is 0.473. The first-order valence-electron chi connectivity index (χ1n) is 3.15. The maximum Gasteiger partial charge on any atom is 0.327 e. The third kappa shape index (κ3) is 6.95. The van der Waals surface area contributed by atoms with Crippen molar-refractivity contribution in [3.05, 3.63) is 23.8 Å². The lowest BCUT2D eigenvalue weighted by Crippen LogP contribution is -1.84. The molecule has 0 amide bonds. The van der Waals surface area contributed by atoms with E-state index >= 15 is 0 Å². The Morgan fingerprint density at radius 1 is 1.50 bits per heavy atom. The van der Waals surface area contributed by atoms with Gasteiger partial charge in [-0.25, -0.2) is 4.79 Å². The van der Waals surface area contributed by atoms with E-state index in [1.54, 1.807) is 6.08 Å². The van der Waals surface area contributed by atoms with Crippen molar-refractivity contribution in [2.24, 2.45) is 0 Å². The van der Waals surface area contributed by atoms with Crippen molar-refractivity contribution in [2.45, 2.75) is 20.3 Å². The second-order valence-corrected chi connectivity index (χ2v) is 2.26. The van der Waals surface area contributed by atoms with Gasteiger partial charge in [-0.3, -0.25) is 0 Å². The highest BCUT2D eigenvalue weighted by atomic mass is 16.4. The number of rotatable bonds is 3. The van der Waals surface area contributed by atoms with Gasteiger partial charge >= 0.3 is 5.97 Å². The molecule has 0 aliphatic rings. The predicted octanol–water partition coefficient (Wildman–Crippen LogP) is 1.98. The minimum atomic E-state index is -0.887. The molecule has 0 spiro atoms. The van der Waals surface area contributed by atoms with E-state index in [4.69, 9.17) is 5.11 Å². The van der Waals surface area contributed by atoms with Crippen LogP contribution in [0.5, 0.6) is 0 Å². The average Bonchev–Trinajstić information content (AvgIpc) is 1.79. The Morgan fingerprint density at radius 2 is 2.10 bits per heavy atom. The molecule has 0 bridgehead atoms. The van der Waals surface area contributed by atoms with Gasteiger partial charge < -0.3 is 5.11 Å². The topological polar surface area (TPSA) is 37.3 Å². The van der Waals surface area contributed by atoms with Crippen LogP contribution in [0.2, 0.25) is 0 Å². The fourth-order valence-corrected chi connectivity index (χ4v) is 0.473. The molecule has 0 rings (SSSR count). The molecular weight excluding hydrogens is 128 g/mol. The van der Waals surface area contributed by atoms with Crippen molar-refractivity contribution in [1.82, 2.24) is 0 Å². The van der Waals surface area contributed by atoms with E-state index < -0.39 is 5.97 Å². The van der Waals surface area contributed by atoms with E-state index in [-0.39, 0.29) is 0 Å². The number of carboxylic acid groups (broad SMARTS) is 1. The van der Waals surface area contributed by atoms with Crippen LogP contribution in [-0.2, 0) is 4.79 Å². The number of hydrogen-bond donors (Lipinski definition) is 1. The van der Waals surface area contributed by atoms with E-state index in [9.17, 15) is 4.79 Å². The van der Waals surface area contributed by atoms with Gasteiger partial charge in [0.05, 0.1) is 0 Å². The van der Waals surface area contributed by atoms with E-state index in [0.29, 0.717) is 6.42 Å². The monoisotopic (exact) mass is 140 g/mol. The zero-order valence-electron chi connectivity index (χ0n) is 6.29. The molecule has 0 radical (unpaired) electrons. The molecule has 0 fully saturated rings. The molecule has 0 atom stereocenters. The Bertz CT molecular complexity index is 162. The fraction of sp³-hybridized carbons (Fsp3) is 0.375. The molecule has 0 heterocycles. The Balaban J connectivity index is 3.55. The van der Waals surface area contributed by atoms with Crippen molar-refractivity contribution >= 4 is 5.97 Å². The van der Waals surface area contributed by atoms with Crippen molar-refractivity contribution < 1.29 is 9.90 Å². The SMILES string of the molecule is CC(C)=CCC=CC(=O)O. The van der Waals surface area contributed by atoms with Gasteiger partial charge in [-0.05, 0) is 20.3 Å². The van der Waals surface area contributed by atoms with Crippen LogP contribution < -0.4 is 0 Å². The number of allylic oxidation sites excluding steroid dienone is 3. The average molecular weight is 140 g/mol. The van der Waals surface area contributed by atoms with Crippen LogP contribution in [0.15, 0.2) is 23.8 Å². The largest absolute Gasteiger partial charge is 0.478 e. The van der Waals surface area contributed by atoms with Gasteiger partial charge in [0.2, 0.25) is 0 Å². The second kappa shape index (κ2) is 4.79. The first-order chi connectivity index (χ1) is 4.63. The highest BCUT2D eigenvalue weighted by Crippen LogP contribution is 1.93. The summed E-state index contributed by atoms with van der Waals surface area (Å²) in [7, 11) is 0. The molecule has 2 heteroatoms. The molecule has 2 nitrogen and oxygen atoms in total. The second-order valence-electron chi connectivity index (χ2n) is 2.26. The summed E-state index contributed by atoms with van der Waals surface area (Å²) in [5, 5.41) is 8.17. The molecular formula is C8H12O2. The molecule has 0 unspecified atom stereocenters. The molecule has 0 saturated carbocycles. The molecule has 1 N–H and O–H groups in total. The lowest BCUT2D eigenvalue weighted by Gasteiger charge is -1.84. The van der Waals surface area contributed by atoms with Crippen LogP contribution >= 0.6 is 0 Å². The Hall–Kier alpha value is -1.05. The molecule has 0 aromatic heterocycles. The molecule has 10 heavy (non-hydrogen) atoms. The molecule has 0 aromatic carbocycles. The molecule has 56 valence electrons. The summed E-state index contributed by atoms with van der Waals surface area (Å²) < 4.78 is 0. The van der Waals surface area contributed by atoms with Crippen LogP contribution in [-0.4, -0.2) is 11.1 Å². The van der Waals surface area contributed by atoms with Gasteiger partial charge in [-0.2, -0.15) is 0 Å². The van der Waals surface area contributed by atoms with Gasteiger partial charge in [0.1, 0.15) is 0 Å². The first-order valence-corrected chi connectivity index (χ1v) is 3.15. The van der Waals surface area contributed by atoms with Crippen LogP contribution in [0.25, 0.3) is 0 Å². The Kier molecular flexibility index (Phi) is 4.29. The van der Waals surface area contributed by atoms with Gasteiger partial charge in [0.15, 0.2) is 0 Å². The van der Waals surface area contributed by atoms with Crippen LogP contribution in [0.1, 0.15) is 20.3 Å². The third-order valence-corrected chi connectivity index (χ3v) is 0.923. The minimum absolute atomic E-state index is 0.703. The number of hydrogen-bond acceptors (Lipinski definition) is 1. The van der Waals surface area contributed by atoms with Crippen LogP contribution in [0.3, 0.4) is 0 Å². The lowest BCUT2D eigenvalue weighted by atomic mass is 10.2. The summed E-state index contributed by atoms with van der Waals surface area (Å²) in [6, 6.07) is 0. The quantitative estimate of drug-likeness (QED) is 0.480.